The lowest BCUT2D eigenvalue weighted by molar-refractivity contribution is -0.128. The minimum Gasteiger partial charge on any atom is -0.483 e. The molecule has 1 aliphatic heterocycles. The van der Waals surface area contributed by atoms with Crippen LogP contribution in [0, 0.1) is 6.92 Å². The molecule has 5 heteroatoms. The predicted octanol–water partition coefficient (Wildman–Crippen LogP) is 3.94. The van der Waals surface area contributed by atoms with E-state index in [4.69, 9.17) is 4.74 Å². The molecule has 0 unspecified atom stereocenters. The number of nitrogens with zero attached hydrogens (tertiary/aromatic N) is 1. The first-order valence-electron chi connectivity index (χ1n) is 10.3. The van der Waals surface area contributed by atoms with E-state index in [2.05, 4.69) is 31.3 Å². The molecule has 2 aromatic rings. The Morgan fingerprint density at radius 2 is 1.93 bits per heavy atom. The maximum absolute atomic E-state index is 12.4. The summed E-state index contributed by atoms with van der Waals surface area (Å²) in [5.74, 6) is 1.14. The van der Waals surface area contributed by atoms with Gasteiger partial charge in [0.2, 0.25) is 5.91 Å². The molecule has 154 valence electrons. The highest BCUT2D eigenvalue weighted by molar-refractivity contribution is 5.78. The number of ether oxygens (including phenoxy) is 1. The van der Waals surface area contributed by atoms with Gasteiger partial charge in [-0.1, -0.05) is 50.2 Å². The lowest BCUT2D eigenvalue weighted by atomic mass is 10.0. The van der Waals surface area contributed by atoms with Gasteiger partial charge in [-0.3, -0.25) is 9.59 Å². The summed E-state index contributed by atoms with van der Waals surface area (Å²) in [5.41, 5.74) is 4.31. The van der Waals surface area contributed by atoms with Gasteiger partial charge in [-0.05, 0) is 47.6 Å². The Morgan fingerprint density at radius 3 is 2.62 bits per heavy atom. The number of aryl methyl sites for hydroxylation is 1. The van der Waals surface area contributed by atoms with Crippen LogP contribution in [0.1, 0.15) is 54.9 Å². The van der Waals surface area contributed by atoms with Gasteiger partial charge in [0.25, 0.3) is 5.91 Å². The van der Waals surface area contributed by atoms with Crippen molar-refractivity contribution in [2.45, 2.75) is 52.6 Å². The van der Waals surface area contributed by atoms with E-state index in [1.165, 1.54) is 0 Å². The summed E-state index contributed by atoms with van der Waals surface area (Å²) in [4.78, 5) is 26.2. The summed E-state index contributed by atoms with van der Waals surface area (Å²) < 4.78 is 5.82. The summed E-state index contributed by atoms with van der Waals surface area (Å²) in [6.07, 6.45) is 1.56. The van der Waals surface area contributed by atoms with Gasteiger partial charge in [0, 0.05) is 26.1 Å². The predicted molar refractivity (Wildman–Crippen MR) is 114 cm³/mol. The molecule has 5 nitrogen and oxygen atoms in total. The van der Waals surface area contributed by atoms with Crippen molar-refractivity contribution in [2.75, 3.05) is 13.2 Å². The van der Waals surface area contributed by atoms with Gasteiger partial charge in [0.05, 0.1) is 0 Å². The van der Waals surface area contributed by atoms with E-state index in [-0.39, 0.29) is 18.4 Å². The third-order valence-electron chi connectivity index (χ3n) is 5.28. The zero-order chi connectivity index (χ0) is 20.8. The summed E-state index contributed by atoms with van der Waals surface area (Å²) in [6.45, 7) is 8.05. The number of hydrogen-bond donors (Lipinski definition) is 1. The molecule has 29 heavy (non-hydrogen) atoms. The summed E-state index contributed by atoms with van der Waals surface area (Å²) in [5, 5.41) is 2.94. The highest BCUT2D eigenvalue weighted by Gasteiger charge is 2.21. The molecule has 0 spiro atoms. The van der Waals surface area contributed by atoms with Crippen LogP contribution in [-0.4, -0.2) is 29.9 Å². The number of rotatable bonds is 8. The molecule has 2 aromatic carbocycles. The van der Waals surface area contributed by atoms with Crippen LogP contribution in [0.5, 0.6) is 5.75 Å². The largest absolute Gasteiger partial charge is 0.483 e. The van der Waals surface area contributed by atoms with Crippen LogP contribution >= 0.6 is 0 Å². The van der Waals surface area contributed by atoms with Crippen LogP contribution in [0.3, 0.4) is 0 Å². The van der Waals surface area contributed by atoms with E-state index < -0.39 is 0 Å². The maximum atomic E-state index is 12.4. The number of carbonyl (C=O) groups is 2. The molecule has 0 radical (unpaired) electrons. The Labute approximate surface area is 173 Å². The first kappa shape index (κ1) is 20.9. The third-order valence-corrected chi connectivity index (χ3v) is 5.28. The summed E-state index contributed by atoms with van der Waals surface area (Å²) >= 11 is 0. The van der Waals surface area contributed by atoms with E-state index in [0.717, 1.165) is 41.0 Å². The molecule has 1 saturated heterocycles. The molecule has 0 bridgehead atoms. The van der Waals surface area contributed by atoms with Gasteiger partial charge < -0.3 is 15.0 Å². The minimum absolute atomic E-state index is 0.0179. The zero-order valence-corrected chi connectivity index (χ0v) is 17.5. The standard InChI is InChI=1S/C24H30N2O3/c1-17(2)21-11-10-18(3)13-22(21)29-16-23(27)25-14-19-7-4-5-8-20(19)15-26-12-6-9-24(26)28/h4-5,7-8,10-11,13,17H,6,9,12,14-16H2,1-3H3,(H,25,27). The number of benzene rings is 2. The van der Waals surface area contributed by atoms with Crippen molar-refractivity contribution in [3.05, 3.63) is 64.7 Å². The van der Waals surface area contributed by atoms with Gasteiger partial charge in [0.15, 0.2) is 6.61 Å². The first-order chi connectivity index (χ1) is 13.9. The fraction of sp³-hybridized carbons (Fsp3) is 0.417. The molecular formula is C24H30N2O3. The third kappa shape index (κ3) is 5.59. The highest BCUT2D eigenvalue weighted by Crippen LogP contribution is 2.27. The highest BCUT2D eigenvalue weighted by atomic mass is 16.5. The Morgan fingerprint density at radius 1 is 1.17 bits per heavy atom. The molecule has 1 heterocycles. The van der Waals surface area contributed by atoms with Gasteiger partial charge in [-0.2, -0.15) is 0 Å². The number of nitrogens with one attached hydrogen (secondary N) is 1. The van der Waals surface area contributed by atoms with Crippen LogP contribution in [0.25, 0.3) is 0 Å². The second kappa shape index (κ2) is 9.59. The van der Waals surface area contributed by atoms with Crippen LogP contribution < -0.4 is 10.1 Å². The van der Waals surface area contributed by atoms with E-state index in [0.29, 0.717) is 25.4 Å². The lowest BCUT2D eigenvalue weighted by Gasteiger charge is -2.18. The summed E-state index contributed by atoms with van der Waals surface area (Å²) in [6, 6.07) is 14.0. The fourth-order valence-electron chi connectivity index (χ4n) is 3.59. The zero-order valence-electron chi connectivity index (χ0n) is 17.5. The van der Waals surface area contributed by atoms with Crippen molar-refractivity contribution < 1.29 is 14.3 Å². The van der Waals surface area contributed by atoms with Crippen molar-refractivity contribution in [3.63, 3.8) is 0 Å². The van der Waals surface area contributed by atoms with Crippen molar-refractivity contribution in [1.82, 2.24) is 10.2 Å². The van der Waals surface area contributed by atoms with E-state index in [9.17, 15) is 9.59 Å². The van der Waals surface area contributed by atoms with Crippen LogP contribution in [-0.2, 0) is 22.7 Å². The molecule has 0 atom stereocenters. The average Bonchev–Trinajstić information content (AvgIpc) is 3.10. The van der Waals surface area contributed by atoms with Crippen LogP contribution in [0.4, 0.5) is 0 Å². The maximum Gasteiger partial charge on any atom is 0.258 e. The number of likely N-dealkylation sites (tertiary alicyclic amines) is 1. The second-order valence-electron chi connectivity index (χ2n) is 7.95. The van der Waals surface area contributed by atoms with E-state index in [1.54, 1.807) is 0 Å². The van der Waals surface area contributed by atoms with Gasteiger partial charge in [-0.15, -0.1) is 0 Å². The van der Waals surface area contributed by atoms with E-state index in [1.807, 2.05) is 42.2 Å². The van der Waals surface area contributed by atoms with Crippen molar-refractivity contribution in [2.24, 2.45) is 0 Å². The molecule has 1 N–H and O–H groups in total. The first-order valence-corrected chi connectivity index (χ1v) is 10.3. The monoisotopic (exact) mass is 394 g/mol. The van der Waals surface area contributed by atoms with E-state index >= 15 is 0 Å². The molecule has 1 fully saturated rings. The number of carbonyl (C=O) groups excluding carboxylic acids is 2. The Bertz CT molecular complexity index is 876. The van der Waals surface area contributed by atoms with Gasteiger partial charge >= 0.3 is 0 Å². The molecule has 0 aliphatic carbocycles. The van der Waals surface area contributed by atoms with Gasteiger partial charge in [0.1, 0.15) is 5.75 Å². The fourth-order valence-corrected chi connectivity index (χ4v) is 3.59. The quantitative estimate of drug-likeness (QED) is 0.738. The van der Waals surface area contributed by atoms with Crippen molar-refractivity contribution in [3.8, 4) is 5.75 Å². The Kier molecular flexibility index (Phi) is 6.91. The number of amides is 2. The second-order valence-corrected chi connectivity index (χ2v) is 7.95. The lowest BCUT2D eigenvalue weighted by Crippen LogP contribution is -2.30. The van der Waals surface area contributed by atoms with Crippen LogP contribution in [0.15, 0.2) is 42.5 Å². The number of hydrogen-bond acceptors (Lipinski definition) is 3. The summed E-state index contributed by atoms with van der Waals surface area (Å²) in [7, 11) is 0. The molecular weight excluding hydrogens is 364 g/mol. The molecule has 3 rings (SSSR count). The molecule has 0 aromatic heterocycles. The molecule has 1 aliphatic rings. The average molecular weight is 395 g/mol. The minimum atomic E-state index is -0.159. The Balaban J connectivity index is 1.56. The normalized spacial score (nSPS) is 13.8. The topological polar surface area (TPSA) is 58.6 Å². The molecule has 0 saturated carbocycles. The SMILES string of the molecule is Cc1ccc(C(C)C)c(OCC(=O)NCc2ccccc2CN2CCCC2=O)c1. The van der Waals surface area contributed by atoms with Crippen molar-refractivity contribution in [1.29, 1.82) is 0 Å². The smallest absolute Gasteiger partial charge is 0.258 e. The van der Waals surface area contributed by atoms with Crippen LogP contribution in [0.2, 0.25) is 0 Å². The van der Waals surface area contributed by atoms with Crippen molar-refractivity contribution >= 4 is 11.8 Å². The Hall–Kier alpha value is -2.82. The van der Waals surface area contributed by atoms with Gasteiger partial charge in [-0.25, -0.2) is 0 Å². The molecule has 2 amide bonds.